The molecule has 1 N–H and O–H groups in total. The molecule has 1 amide bonds. The van der Waals surface area contributed by atoms with Crippen LogP contribution in [0.5, 0.6) is 0 Å². The zero-order valence-electron chi connectivity index (χ0n) is 11.8. The summed E-state index contributed by atoms with van der Waals surface area (Å²) in [5.41, 5.74) is 6.00. The number of hydrogen-bond acceptors (Lipinski definition) is 2. The van der Waals surface area contributed by atoms with Crippen LogP contribution >= 0.6 is 0 Å². The number of amides is 1. The molecule has 0 bridgehead atoms. The first kappa shape index (κ1) is 12.9. The highest BCUT2D eigenvalue weighted by Gasteiger charge is 2.22. The molecular formula is C17H18N2O. The van der Waals surface area contributed by atoms with Crippen LogP contribution in [0.2, 0.25) is 0 Å². The molecule has 3 rings (SSSR count). The van der Waals surface area contributed by atoms with Crippen LogP contribution in [0.25, 0.3) is 11.1 Å². The lowest BCUT2D eigenvalue weighted by molar-refractivity contribution is -0.114. The summed E-state index contributed by atoms with van der Waals surface area (Å²) in [6.07, 6.45) is 0. The molecule has 1 aliphatic rings. The van der Waals surface area contributed by atoms with Gasteiger partial charge in [0, 0.05) is 25.7 Å². The van der Waals surface area contributed by atoms with Crippen molar-refractivity contribution >= 4 is 11.6 Å². The molecule has 0 aliphatic carbocycles. The molecule has 3 nitrogen and oxygen atoms in total. The molecule has 20 heavy (non-hydrogen) atoms. The SMILES string of the molecule is CC(=O)Nc1ccc(-c2ccccc2)c2c1CN(C)C2. The van der Waals surface area contributed by atoms with E-state index in [-0.39, 0.29) is 5.91 Å². The molecule has 0 spiro atoms. The number of rotatable bonds is 2. The van der Waals surface area contributed by atoms with Crippen molar-refractivity contribution in [3.8, 4) is 11.1 Å². The minimum absolute atomic E-state index is 0.0192. The number of nitrogens with zero attached hydrogens (tertiary/aromatic N) is 1. The Balaban J connectivity index is 2.11. The summed E-state index contributed by atoms with van der Waals surface area (Å²) in [4.78, 5) is 13.6. The van der Waals surface area contributed by atoms with Gasteiger partial charge in [0.2, 0.25) is 5.91 Å². The Morgan fingerprint density at radius 3 is 2.45 bits per heavy atom. The number of carbonyl (C=O) groups excluding carboxylic acids is 1. The Morgan fingerprint density at radius 2 is 1.75 bits per heavy atom. The zero-order valence-corrected chi connectivity index (χ0v) is 11.8. The maximum absolute atomic E-state index is 11.3. The minimum atomic E-state index is -0.0192. The van der Waals surface area contributed by atoms with Gasteiger partial charge in [0.1, 0.15) is 0 Å². The fourth-order valence-corrected chi connectivity index (χ4v) is 2.84. The standard InChI is InChI=1S/C17H18N2O/c1-12(20)18-17-9-8-14(13-6-4-3-5-7-13)15-10-19(2)11-16(15)17/h3-9H,10-11H2,1-2H3,(H,18,20). The van der Waals surface area contributed by atoms with E-state index in [1.54, 1.807) is 6.92 Å². The number of benzene rings is 2. The third kappa shape index (κ3) is 2.32. The Kier molecular flexibility index (Phi) is 3.28. The van der Waals surface area contributed by atoms with E-state index in [1.165, 1.54) is 22.3 Å². The predicted octanol–water partition coefficient (Wildman–Crippen LogP) is 3.26. The Labute approximate surface area is 119 Å². The van der Waals surface area contributed by atoms with E-state index in [2.05, 4.69) is 47.6 Å². The number of nitrogens with one attached hydrogen (secondary N) is 1. The summed E-state index contributed by atoms with van der Waals surface area (Å²) in [6, 6.07) is 14.5. The van der Waals surface area contributed by atoms with Crippen molar-refractivity contribution in [2.45, 2.75) is 20.0 Å². The van der Waals surface area contributed by atoms with Crippen molar-refractivity contribution in [1.82, 2.24) is 4.90 Å². The molecule has 102 valence electrons. The van der Waals surface area contributed by atoms with Crippen molar-refractivity contribution in [2.24, 2.45) is 0 Å². The highest BCUT2D eigenvalue weighted by molar-refractivity contribution is 5.91. The molecule has 3 heteroatoms. The van der Waals surface area contributed by atoms with Gasteiger partial charge in [0.15, 0.2) is 0 Å². The minimum Gasteiger partial charge on any atom is -0.326 e. The predicted molar refractivity (Wildman–Crippen MR) is 81.4 cm³/mol. The Morgan fingerprint density at radius 1 is 1.05 bits per heavy atom. The monoisotopic (exact) mass is 266 g/mol. The van der Waals surface area contributed by atoms with Gasteiger partial charge in [-0.05, 0) is 35.4 Å². The number of fused-ring (bicyclic) bond motifs is 1. The summed E-state index contributed by atoms with van der Waals surface area (Å²) in [6.45, 7) is 3.36. The van der Waals surface area contributed by atoms with E-state index in [9.17, 15) is 4.79 Å². The maximum Gasteiger partial charge on any atom is 0.221 e. The molecule has 0 radical (unpaired) electrons. The lowest BCUT2D eigenvalue weighted by atomic mass is 9.96. The van der Waals surface area contributed by atoms with Crippen LogP contribution in [0.15, 0.2) is 42.5 Å². The highest BCUT2D eigenvalue weighted by atomic mass is 16.1. The van der Waals surface area contributed by atoms with Crippen LogP contribution in [0, 0.1) is 0 Å². The van der Waals surface area contributed by atoms with Crippen molar-refractivity contribution in [2.75, 3.05) is 12.4 Å². The smallest absolute Gasteiger partial charge is 0.221 e. The van der Waals surface area contributed by atoms with Crippen LogP contribution in [-0.4, -0.2) is 17.9 Å². The Bertz CT molecular complexity index is 650. The third-order valence-corrected chi connectivity index (χ3v) is 3.68. The largest absolute Gasteiger partial charge is 0.326 e. The quantitative estimate of drug-likeness (QED) is 0.905. The second-order valence-electron chi connectivity index (χ2n) is 5.34. The van der Waals surface area contributed by atoms with Gasteiger partial charge in [-0.25, -0.2) is 0 Å². The second-order valence-corrected chi connectivity index (χ2v) is 5.34. The number of anilines is 1. The van der Waals surface area contributed by atoms with Gasteiger partial charge in [-0.2, -0.15) is 0 Å². The van der Waals surface area contributed by atoms with Gasteiger partial charge >= 0.3 is 0 Å². The van der Waals surface area contributed by atoms with E-state index in [1.807, 2.05) is 12.1 Å². The van der Waals surface area contributed by atoms with Gasteiger partial charge in [-0.3, -0.25) is 9.69 Å². The molecule has 2 aromatic rings. The van der Waals surface area contributed by atoms with Gasteiger partial charge in [-0.1, -0.05) is 36.4 Å². The van der Waals surface area contributed by atoms with Crippen molar-refractivity contribution in [1.29, 1.82) is 0 Å². The van der Waals surface area contributed by atoms with E-state index in [0.29, 0.717) is 0 Å². The molecule has 0 saturated heterocycles. The fourth-order valence-electron chi connectivity index (χ4n) is 2.84. The maximum atomic E-state index is 11.3. The van der Waals surface area contributed by atoms with Crippen LogP contribution in [0.1, 0.15) is 18.1 Å². The zero-order chi connectivity index (χ0) is 14.1. The van der Waals surface area contributed by atoms with Crippen molar-refractivity contribution in [3.63, 3.8) is 0 Å². The first-order valence-electron chi connectivity index (χ1n) is 6.81. The average Bonchev–Trinajstić information content (AvgIpc) is 2.81. The molecular weight excluding hydrogens is 248 g/mol. The van der Waals surface area contributed by atoms with Crippen LogP contribution in [0.4, 0.5) is 5.69 Å². The number of carbonyl (C=O) groups is 1. The molecule has 2 aromatic carbocycles. The highest BCUT2D eigenvalue weighted by Crippen LogP contribution is 2.36. The summed E-state index contributed by atoms with van der Waals surface area (Å²) < 4.78 is 0. The summed E-state index contributed by atoms with van der Waals surface area (Å²) in [5.74, 6) is -0.0192. The third-order valence-electron chi connectivity index (χ3n) is 3.68. The first-order chi connectivity index (χ1) is 9.65. The molecule has 1 heterocycles. The van der Waals surface area contributed by atoms with Gasteiger partial charge in [0.05, 0.1) is 0 Å². The number of hydrogen-bond donors (Lipinski definition) is 1. The van der Waals surface area contributed by atoms with E-state index >= 15 is 0 Å². The van der Waals surface area contributed by atoms with Gasteiger partial charge in [-0.15, -0.1) is 0 Å². The molecule has 1 aliphatic heterocycles. The van der Waals surface area contributed by atoms with Gasteiger partial charge < -0.3 is 5.32 Å². The lowest BCUT2D eigenvalue weighted by Gasteiger charge is -2.13. The van der Waals surface area contributed by atoms with Crippen molar-refractivity contribution < 1.29 is 4.79 Å². The van der Waals surface area contributed by atoms with Gasteiger partial charge in [0.25, 0.3) is 0 Å². The average molecular weight is 266 g/mol. The Hall–Kier alpha value is -2.13. The van der Waals surface area contributed by atoms with Crippen LogP contribution < -0.4 is 5.32 Å². The summed E-state index contributed by atoms with van der Waals surface area (Å²) in [7, 11) is 2.10. The molecule has 0 fully saturated rings. The molecule has 0 saturated carbocycles. The normalized spacial score (nSPS) is 14.1. The topological polar surface area (TPSA) is 32.3 Å². The van der Waals surface area contributed by atoms with Crippen molar-refractivity contribution in [3.05, 3.63) is 53.6 Å². The second kappa shape index (κ2) is 5.10. The molecule has 0 unspecified atom stereocenters. The first-order valence-corrected chi connectivity index (χ1v) is 6.81. The van der Waals surface area contributed by atoms with E-state index in [0.717, 1.165) is 18.8 Å². The summed E-state index contributed by atoms with van der Waals surface area (Å²) >= 11 is 0. The van der Waals surface area contributed by atoms with Crippen LogP contribution in [-0.2, 0) is 17.9 Å². The molecule has 0 aromatic heterocycles. The fraction of sp³-hybridized carbons (Fsp3) is 0.235. The van der Waals surface area contributed by atoms with Crippen LogP contribution in [0.3, 0.4) is 0 Å². The molecule has 0 atom stereocenters. The summed E-state index contributed by atoms with van der Waals surface area (Å²) in [5, 5.41) is 2.94. The lowest BCUT2D eigenvalue weighted by Crippen LogP contribution is -2.10. The van der Waals surface area contributed by atoms with E-state index in [4.69, 9.17) is 0 Å². The van der Waals surface area contributed by atoms with E-state index < -0.39 is 0 Å².